The molecular formula is C19H29N3O. The Morgan fingerprint density at radius 1 is 1.30 bits per heavy atom. The number of nitrogens with one attached hydrogen (secondary N) is 1. The quantitative estimate of drug-likeness (QED) is 0.685. The molecule has 0 bridgehead atoms. The molecule has 0 spiro atoms. The number of nitrogens with zero attached hydrogens (tertiary/aromatic N) is 2. The van der Waals surface area contributed by atoms with Crippen molar-refractivity contribution in [2.24, 2.45) is 10.9 Å². The van der Waals surface area contributed by atoms with Gasteiger partial charge in [0.2, 0.25) is 0 Å². The molecule has 0 unspecified atom stereocenters. The summed E-state index contributed by atoms with van der Waals surface area (Å²) in [5, 5.41) is 3.63. The van der Waals surface area contributed by atoms with E-state index in [0.29, 0.717) is 0 Å². The number of para-hydroxylation sites is 1. The molecule has 1 aliphatic heterocycles. The van der Waals surface area contributed by atoms with Gasteiger partial charge in [0.15, 0.2) is 5.96 Å². The third kappa shape index (κ3) is 3.46. The van der Waals surface area contributed by atoms with E-state index < -0.39 is 0 Å². The predicted molar refractivity (Wildman–Crippen MR) is 95.2 cm³/mol. The largest absolute Gasteiger partial charge is 0.496 e. The Balaban J connectivity index is 1.65. The first-order chi connectivity index (χ1) is 11.2. The van der Waals surface area contributed by atoms with Crippen LogP contribution in [0.1, 0.15) is 38.2 Å². The Hall–Kier alpha value is -1.71. The Kier molecular flexibility index (Phi) is 4.79. The number of guanidine groups is 1. The summed E-state index contributed by atoms with van der Waals surface area (Å²) in [5.74, 6) is 2.90. The minimum atomic E-state index is 0.214. The Labute approximate surface area is 139 Å². The van der Waals surface area contributed by atoms with Crippen molar-refractivity contribution in [3.05, 3.63) is 29.8 Å². The molecule has 1 aliphatic carbocycles. The number of hydrogen-bond donors (Lipinski definition) is 1. The number of rotatable bonds is 4. The van der Waals surface area contributed by atoms with E-state index in [0.717, 1.165) is 37.3 Å². The van der Waals surface area contributed by atoms with Gasteiger partial charge in [-0.3, -0.25) is 4.99 Å². The van der Waals surface area contributed by atoms with Crippen LogP contribution in [-0.4, -0.2) is 44.7 Å². The number of likely N-dealkylation sites (tertiary alicyclic amines) is 1. The maximum absolute atomic E-state index is 5.56. The molecule has 0 radical (unpaired) electrons. The van der Waals surface area contributed by atoms with Crippen molar-refractivity contribution in [1.29, 1.82) is 0 Å². The fourth-order valence-electron chi connectivity index (χ4n) is 3.58. The molecule has 0 atom stereocenters. The molecule has 2 aliphatic rings. The normalized spacial score (nSPS) is 21.2. The topological polar surface area (TPSA) is 36.9 Å². The summed E-state index contributed by atoms with van der Waals surface area (Å²) in [5.41, 5.74) is 1.55. The van der Waals surface area contributed by atoms with Gasteiger partial charge in [-0.15, -0.1) is 0 Å². The van der Waals surface area contributed by atoms with Crippen LogP contribution in [0.2, 0.25) is 0 Å². The maximum Gasteiger partial charge on any atom is 0.193 e. The maximum atomic E-state index is 5.56. The summed E-state index contributed by atoms with van der Waals surface area (Å²) >= 11 is 0. The van der Waals surface area contributed by atoms with Crippen LogP contribution in [0.3, 0.4) is 0 Å². The average Bonchev–Trinajstić information content (AvgIpc) is 3.38. The third-order valence-corrected chi connectivity index (χ3v) is 5.41. The monoisotopic (exact) mass is 315 g/mol. The first-order valence-corrected chi connectivity index (χ1v) is 8.77. The van der Waals surface area contributed by atoms with E-state index >= 15 is 0 Å². The highest BCUT2D eigenvalue weighted by Gasteiger charge is 2.46. The molecular weight excluding hydrogens is 286 g/mol. The standard InChI is InChI=1S/C19H29N3O/c1-15-8-12-22(13-9-15)18(20-2)21-14-19(10-11-19)16-6-4-5-7-17(16)23-3/h4-7,15H,8-14H2,1-3H3,(H,20,21). The zero-order valence-electron chi connectivity index (χ0n) is 14.6. The van der Waals surface area contributed by atoms with Crippen molar-refractivity contribution >= 4 is 5.96 Å². The number of aliphatic imine (C=N–C) groups is 1. The number of ether oxygens (including phenoxy) is 1. The highest BCUT2D eigenvalue weighted by molar-refractivity contribution is 5.80. The molecule has 126 valence electrons. The van der Waals surface area contributed by atoms with Crippen LogP contribution in [-0.2, 0) is 5.41 Å². The predicted octanol–water partition coefficient (Wildman–Crippen LogP) is 3.03. The van der Waals surface area contributed by atoms with E-state index in [-0.39, 0.29) is 5.41 Å². The number of benzene rings is 1. The average molecular weight is 315 g/mol. The molecule has 1 saturated carbocycles. The van der Waals surface area contributed by atoms with Crippen molar-refractivity contribution in [2.45, 2.75) is 38.0 Å². The highest BCUT2D eigenvalue weighted by Crippen LogP contribution is 2.50. The molecule has 1 saturated heterocycles. The summed E-state index contributed by atoms with van der Waals surface area (Å²) in [7, 11) is 3.65. The van der Waals surface area contributed by atoms with Gasteiger partial charge in [-0.1, -0.05) is 25.1 Å². The van der Waals surface area contributed by atoms with E-state index in [1.54, 1.807) is 7.11 Å². The Morgan fingerprint density at radius 2 is 2.00 bits per heavy atom. The summed E-state index contributed by atoms with van der Waals surface area (Å²) in [6.45, 7) is 5.51. The fourth-order valence-corrected chi connectivity index (χ4v) is 3.58. The zero-order chi connectivity index (χ0) is 16.3. The van der Waals surface area contributed by atoms with Crippen LogP contribution in [0.5, 0.6) is 5.75 Å². The second-order valence-electron chi connectivity index (χ2n) is 7.05. The van der Waals surface area contributed by atoms with Gasteiger partial charge < -0.3 is 15.0 Å². The van der Waals surface area contributed by atoms with Crippen molar-refractivity contribution < 1.29 is 4.74 Å². The summed E-state index contributed by atoms with van der Waals surface area (Å²) < 4.78 is 5.56. The second-order valence-corrected chi connectivity index (χ2v) is 7.05. The third-order valence-electron chi connectivity index (χ3n) is 5.41. The minimum absolute atomic E-state index is 0.214. The Morgan fingerprint density at radius 3 is 2.61 bits per heavy atom. The van der Waals surface area contributed by atoms with E-state index in [2.05, 4.69) is 40.3 Å². The van der Waals surface area contributed by atoms with Crippen LogP contribution in [0.4, 0.5) is 0 Å². The molecule has 3 rings (SSSR count). The lowest BCUT2D eigenvalue weighted by Gasteiger charge is -2.33. The molecule has 1 heterocycles. The van der Waals surface area contributed by atoms with Gasteiger partial charge in [-0.2, -0.15) is 0 Å². The van der Waals surface area contributed by atoms with Crippen molar-refractivity contribution in [2.75, 3.05) is 33.8 Å². The fraction of sp³-hybridized carbons (Fsp3) is 0.632. The molecule has 0 aromatic heterocycles. The number of methoxy groups -OCH3 is 1. The lowest BCUT2D eigenvalue weighted by molar-refractivity contribution is 0.272. The first-order valence-electron chi connectivity index (χ1n) is 8.77. The van der Waals surface area contributed by atoms with E-state index in [1.807, 2.05) is 13.1 Å². The molecule has 1 N–H and O–H groups in total. The Bertz CT molecular complexity index is 557. The summed E-state index contributed by atoms with van der Waals surface area (Å²) in [6.07, 6.45) is 4.96. The molecule has 23 heavy (non-hydrogen) atoms. The van der Waals surface area contributed by atoms with Gasteiger partial charge in [0, 0.05) is 37.7 Å². The van der Waals surface area contributed by atoms with Crippen LogP contribution in [0.25, 0.3) is 0 Å². The summed E-state index contributed by atoms with van der Waals surface area (Å²) in [4.78, 5) is 6.91. The van der Waals surface area contributed by atoms with Crippen LogP contribution in [0, 0.1) is 5.92 Å². The lowest BCUT2D eigenvalue weighted by atomic mass is 9.95. The van der Waals surface area contributed by atoms with Gasteiger partial charge in [0.25, 0.3) is 0 Å². The van der Waals surface area contributed by atoms with Gasteiger partial charge in [0.05, 0.1) is 7.11 Å². The van der Waals surface area contributed by atoms with Crippen LogP contribution < -0.4 is 10.1 Å². The van der Waals surface area contributed by atoms with Gasteiger partial charge >= 0.3 is 0 Å². The highest BCUT2D eigenvalue weighted by atomic mass is 16.5. The minimum Gasteiger partial charge on any atom is -0.496 e. The number of piperidine rings is 1. The van der Waals surface area contributed by atoms with Gasteiger partial charge in [-0.05, 0) is 37.7 Å². The van der Waals surface area contributed by atoms with Crippen molar-refractivity contribution in [1.82, 2.24) is 10.2 Å². The molecule has 1 aromatic rings. The van der Waals surface area contributed by atoms with Crippen LogP contribution in [0.15, 0.2) is 29.3 Å². The van der Waals surface area contributed by atoms with Crippen molar-refractivity contribution in [3.8, 4) is 5.75 Å². The molecule has 2 fully saturated rings. The second kappa shape index (κ2) is 6.81. The van der Waals surface area contributed by atoms with E-state index in [4.69, 9.17) is 4.74 Å². The van der Waals surface area contributed by atoms with Crippen LogP contribution >= 0.6 is 0 Å². The van der Waals surface area contributed by atoms with Gasteiger partial charge in [0.1, 0.15) is 5.75 Å². The van der Waals surface area contributed by atoms with E-state index in [9.17, 15) is 0 Å². The molecule has 1 aromatic carbocycles. The zero-order valence-corrected chi connectivity index (χ0v) is 14.6. The molecule has 4 heteroatoms. The molecule has 4 nitrogen and oxygen atoms in total. The lowest BCUT2D eigenvalue weighted by Crippen LogP contribution is -2.47. The number of hydrogen-bond acceptors (Lipinski definition) is 2. The van der Waals surface area contributed by atoms with E-state index in [1.165, 1.54) is 31.2 Å². The molecule has 0 amide bonds. The summed E-state index contributed by atoms with van der Waals surface area (Å²) in [6, 6.07) is 8.42. The SMILES string of the molecule is CN=C(NCC1(c2ccccc2OC)CC1)N1CCC(C)CC1. The first kappa shape index (κ1) is 16.2. The van der Waals surface area contributed by atoms with Gasteiger partial charge in [-0.25, -0.2) is 0 Å². The van der Waals surface area contributed by atoms with Crippen molar-refractivity contribution in [3.63, 3.8) is 0 Å². The smallest absolute Gasteiger partial charge is 0.193 e.